The first-order valence-corrected chi connectivity index (χ1v) is 8.41. The van der Waals surface area contributed by atoms with Crippen LogP contribution < -0.4 is 11.1 Å². The smallest absolute Gasteiger partial charge is 0.284 e. The molecule has 0 unspecified atom stereocenters. The standard InChI is InChI=1S/C17H21BrN4O2.HI/c1-3-20-17(21-10-14-8-9-15(24-14)16(19)23)22(2)11-12-4-6-13(18)7-5-12;/h4-9H,3,10-11H2,1-2H3,(H2,19,23)(H,20,21);1H. The predicted molar refractivity (Wildman–Crippen MR) is 113 cm³/mol. The molecule has 0 aliphatic heterocycles. The van der Waals surface area contributed by atoms with Crippen LogP contribution in [0.2, 0.25) is 0 Å². The first-order valence-electron chi connectivity index (χ1n) is 7.62. The molecule has 0 spiro atoms. The van der Waals surface area contributed by atoms with Gasteiger partial charge in [-0.3, -0.25) is 4.79 Å². The summed E-state index contributed by atoms with van der Waals surface area (Å²) in [5.74, 6) is 0.923. The van der Waals surface area contributed by atoms with E-state index in [1.807, 2.05) is 31.0 Å². The fourth-order valence-electron chi connectivity index (χ4n) is 2.16. The fourth-order valence-corrected chi connectivity index (χ4v) is 2.42. The van der Waals surface area contributed by atoms with Crippen molar-refractivity contribution in [1.82, 2.24) is 10.2 Å². The quantitative estimate of drug-likeness (QED) is 0.347. The number of nitrogens with one attached hydrogen (secondary N) is 1. The first-order chi connectivity index (χ1) is 11.5. The zero-order valence-electron chi connectivity index (χ0n) is 14.2. The van der Waals surface area contributed by atoms with Gasteiger partial charge in [0.05, 0.1) is 0 Å². The lowest BCUT2D eigenvalue weighted by molar-refractivity contribution is 0.0972. The van der Waals surface area contributed by atoms with Crippen LogP contribution in [0.25, 0.3) is 0 Å². The number of guanidine groups is 1. The molecule has 0 saturated heterocycles. The predicted octanol–water partition coefficient (Wildman–Crippen LogP) is 3.36. The van der Waals surface area contributed by atoms with Gasteiger partial charge in [0.1, 0.15) is 12.3 Å². The zero-order valence-corrected chi connectivity index (χ0v) is 18.1. The summed E-state index contributed by atoms with van der Waals surface area (Å²) in [7, 11) is 1.97. The number of halogens is 2. The molecule has 6 nitrogen and oxygen atoms in total. The van der Waals surface area contributed by atoms with Crippen molar-refractivity contribution in [3.8, 4) is 0 Å². The van der Waals surface area contributed by atoms with Gasteiger partial charge in [0, 0.05) is 24.6 Å². The Morgan fingerprint density at radius 2 is 1.96 bits per heavy atom. The molecule has 3 N–H and O–H groups in total. The summed E-state index contributed by atoms with van der Waals surface area (Å²) in [6.07, 6.45) is 0. The zero-order chi connectivity index (χ0) is 17.5. The summed E-state index contributed by atoms with van der Waals surface area (Å²) in [5, 5.41) is 3.25. The number of aliphatic imine (C=N–C) groups is 1. The van der Waals surface area contributed by atoms with E-state index >= 15 is 0 Å². The Bertz CT molecular complexity index is 716. The second kappa shape index (κ2) is 10.4. The van der Waals surface area contributed by atoms with Crippen molar-refractivity contribution in [3.63, 3.8) is 0 Å². The van der Waals surface area contributed by atoms with Gasteiger partial charge < -0.3 is 20.4 Å². The van der Waals surface area contributed by atoms with Crippen LogP contribution in [0.1, 0.15) is 28.8 Å². The molecule has 25 heavy (non-hydrogen) atoms. The Hall–Kier alpha value is -1.55. The summed E-state index contributed by atoms with van der Waals surface area (Å²) in [4.78, 5) is 17.6. The number of benzene rings is 1. The highest BCUT2D eigenvalue weighted by Gasteiger charge is 2.09. The number of rotatable bonds is 6. The van der Waals surface area contributed by atoms with E-state index < -0.39 is 5.91 Å². The van der Waals surface area contributed by atoms with Crippen LogP contribution in [0.3, 0.4) is 0 Å². The van der Waals surface area contributed by atoms with E-state index in [1.165, 1.54) is 5.56 Å². The van der Waals surface area contributed by atoms with E-state index in [9.17, 15) is 4.79 Å². The van der Waals surface area contributed by atoms with E-state index in [0.29, 0.717) is 12.3 Å². The highest BCUT2D eigenvalue weighted by molar-refractivity contribution is 14.0. The van der Waals surface area contributed by atoms with E-state index in [2.05, 4.69) is 38.4 Å². The van der Waals surface area contributed by atoms with Gasteiger partial charge in [-0.15, -0.1) is 24.0 Å². The Balaban J connectivity index is 0.00000312. The number of nitrogens with two attached hydrogens (primary N) is 1. The average Bonchev–Trinajstić information content (AvgIpc) is 3.02. The van der Waals surface area contributed by atoms with E-state index in [-0.39, 0.29) is 29.7 Å². The summed E-state index contributed by atoms with van der Waals surface area (Å²) >= 11 is 3.44. The number of carbonyl (C=O) groups excluding carboxylic acids is 1. The number of carbonyl (C=O) groups is 1. The van der Waals surface area contributed by atoms with Crippen molar-refractivity contribution in [2.45, 2.75) is 20.0 Å². The molecule has 2 aromatic rings. The minimum atomic E-state index is -0.579. The summed E-state index contributed by atoms with van der Waals surface area (Å²) < 4.78 is 6.40. The molecule has 0 fully saturated rings. The van der Waals surface area contributed by atoms with Gasteiger partial charge in [-0.2, -0.15) is 0 Å². The van der Waals surface area contributed by atoms with Gasteiger partial charge in [0.2, 0.25) is 0 Å². The van der Waals surface area contributed by atoms with Crippen LogP contribution >= 0.6 is 39.9 Å². The molecule has 1 heterocycles. The monoisotopic (exact) mass is 520 g/mol. The summed E-state index contributed by atoms with van der Waals surface area (Å²) in [5.41, 5.74) is 6.36. The first kappa shape index (κ1) is 21.5. The lowest BCUT2D eigenvalue weighted by Gasteiger charge is -2.22. The number of hydrogen-bond acceptors (Lipinski definition) is 3. The van der Waals surface area contributed by atoms with Gasteiger partial charge in [-0.05, 0) is 36.8 Å². The molecular formula is C17H22BrIN4O2. The van der Waals surface area contributed by atoms with Crippen LogP contribution in [0.5, 0.6) is 0 Å². The second-order valence-corrected chi connectivity index (χ2v) is 6.20. The molecule has 2 rings (SSSR count). The van der Waals surface area contributed by atoms with E-state index in [4.69, 9.17) is 10.2 Å². The minimum absolute atomic E-state index is 0. The Labute approximate surface area is 173 Å². The van der Waals surface area contributed by atoms with Crippen molar-refractivity contribution >= 4 is 51.8 Å². The maximum atomic E-state index is 11.1. The summed E-state index contributed by atoms with van der Waals surface area (Å²) in [6.45, 7) is 3.83. The normalized spacial score (nSPS) is 10.9. The lowest BCUT2D eigenvalue weighted by atomic mass is 10.2. The lowest BCUT2D eigenvalue weighted by Crippen LogP contribution is -2.38. The van der Waals surface area contributed by atoms with E-state index in [0.717, 1.165) is 23.5 Å². The molecular weight excluding hydrogens is 499 g/mol. The molecule has 0 aliphatic carbocycles. The molecule has 1 amide bonds. The van der Waals surface area contributed by atoms with Gasteiger partial charge in [0.15, 0.2) is 11.7 Å². The molecule has 0 bridgehead atoms. The second-order valence-electron chi connectivity index (χ2n) is 5.28. The largest absolute Gasteiger partial charge is 0.454 e. The molecule has 8 heteroatoms. The SMILES string of the molecule is CCNC(=NCc1ccc(C(N)=O)o1)N(C)Cc1ccc(Br)cc1.I. The van der Waals surface area contributed by atoms with Gasteiger partial charge >= 0.3 is 0 Å². The van der Waals surface area contributed by atoms with Gasteiger partial charge in [0.25, 0.3) is 5.91 Å². The number of nitrogens with zero attached hydrogens (tertiary/aromatic N) is 2. The van der Waals surface area contributed by atoms with Crippen LogP contribution in [0.4, 0.5) is 0 Å². The van der Waals surface area contributed by atoms with Crippen LogP contribution in [0.15, 0.2) is 50.3 Å². The van der Waals surface area contributed by atoms with Crippen LogP contribution in [0, 0.1) is 0 Å². The third-order valence-electron chi connectivity index (χ3n) is 3.32. The molecule has 136 valence electrons. The molecule has 1 aromatic carbocycles. The molecule has 1 aromatic heterocycles. The van der Waals surface area contributed by atoms with E-state index in [1.54, 1.807) is 12.1 Å². The fraction of sp³-hybridized carbons (Fsp3) is 0.294. The Kier molecular flexibility index (Phi) is 8.98. The summed E-state index contributed by atoms with van der Waals surface area (Å²) in [6, 6.07) is 11.4. The van der Waals surface area contributed by atoms with Gasteiger partial charge in [-0.1, -0.05) is 28.1 Å². The Morgan fingerprint density at radius 1 is 1.28 bits per heavy atom. The van der Waals surface area contributed by atoms with Crippen molar-refractivity contribution < 1.29 is 9.21 Å². The molecule has 0 aliphatic rings. The maximum absolute atomic E-state index is 11.1. The van der Waals surface area contributed by atoms with Crippen molar-refractivity contribution in [1.29, 1.82) is 0 Å². The van der Waals surface area contributed by atoms with Gasteiger partial charge in [-0.25, -0.2) is 4.99 Å². The highest BCUT2D eigenvalue weighted by Crippen LogP contribution is 2.12. The minimum Gasteiger partial charge on any atom is -0.454 e. The van der Waals surface area contributed by atoms with Crippen LogP contribution in [-0.4, -0.2) is 30.4 Å². The van der Waals surface area contributed by atoms with Crippen molar-refractivity contribution in [2.75, 3.05) is 13.6 Å². The Morgan fingerprint density at radius 3 is 2.52 bits per heavy atom. The number of furan rings is 1. The topological polar surface area (TPSA) is 83.9 Å². The third-order valence-corrected chi connectivity index (χ3v) is 3.85. The van der Waals surface area contributed by atoms with Crippen molar-refractivity contribution in [3.05, 3.63) is 58.0 Å². The third kappa shape index (κ3) is 6.69. The molecule has 0 atom stereocenters. The van der Waals surface area contributed by atoms with Crippen LogP contribution in [-0.2, 0) is 13.1 Å². The van der Waals surface area contributed by atoms with Crippen molar-refractivity contribution in [2.24, 2.45) is 10.7 Å². The molecule has 0 radical (unpaired) electrons. The number of amides is 1. The highest BCUT2D eigenvalue weighted by atomic mass is 127. The maximum Gasteiger partial charge on any atom is 0.284 e. The number of primary amides is 1. The average molecular weight is 521 g/mol. The molecule has 0 saturated carbocycles. The number of hydrogen-bond donors (Lipinski definition) is 2.